The van der Waals surface area contributed by atoms with Gasteiger partial charge < -0.3 is 0 Å². The highest BCUT2D eigenvalue weighted by atomic mass is 32.1. The van der Waals surface area contributed by atoms with Crippen molar-refractivity contribution in [1.82, 2.24) is 19.4 Å². The number of thiazole rings is 1. The molecule has 2 aliphatic rings. The zero-order valence-corrected chi connectivity index (χ0v) is 15.0. The second-order valence-electron chi connectivity index (χ2n) is 7.19. The SMILES string of the molecule is Cc1cncn(CC2CCN(Cc3cnc(C4CC4)s3)CC2)c1=O. The number of hydrogen-bond donors (Lipinski definition) is 0. The Kier molecular flexibility index (Phi) is 4.50. The van der Waals surface area contributed by atoms with E-state index in [1.54, 1.807) is 17.1 Å². The summed E-state index contributed by atoms with van der Waals surface area (Å²) in [6.45, 7) is 5.88. The van der Waals surface area contributed by atoms with Gasteiger partial charge in [0.15, 0.2) is 0 Å². The van der Waals surface area contributed by atoms with Crippen LogP contribution in [0.3, 0.4) is 0 Å². The van der Waals surface area contributed by atoms with E-state index < -0.39 is 0 Å². The van der Waals surface area contributed by atoms with E-state index in [2.05, 4.69) is 21.1 Å². The number of aryl methyl sites for hydroxylation is 1. The molecule has 1 aliphatic heterocycles. The summed E-state index contributed by atoms with van der Waals surface area (Å²) < 4.78 is 1.78. The molecule has 128 valence electrons. The second-order valence-corrected chi connectivity index (χ2v) is 8.34. The van der Waals surface area contributed by atoms with E-state index in [1.807, 2.05) is 18.3 Å². The van der Waals surface area contributed by atoms with Crippen LogP contribution in [0.15, 0.2) is 23.5 Å². The monoisotopic (exact) mass is 344 g/mol. The van der Waals surface area contributed by atoms with Crippen molar-refractivity contribution in [3.8, 4) is 0 Å². The van der Waals surface area contributed by atoms with Gasteiger partial charge in [-0.3, -0.25) is 14.3 Å². The Morgan fingerprint density at radius 1 is 1.21 bits per heavy atom. The summed E-state index contributed by atoms with van der Waals surface area (Å²) in [6.07, 6.45) is 10.3. The van der Waals surface area contributed by atoms with E-state index in [0.717, 1.165) is 50.5 Å². The first-order valence-corrected chi connectivity index (χ1v) is 9.68. The largest absolute Gasteiger partial charge is 0.299 e. The summed E-state index contributed by atoms with van der Waals surface area (Å²) in [5, 5.41) is 1.34. The van der Waals surface area contributed by atoms with Crippen LogP contribution in [-0.2, 0) is 13.1 Å². The van der Waals surface area contributed by atoms with Gasteiger partial charge in [-0.2, -0.15) is 0 Å². The number of piperidine rings is 1. The van der Waals surface area contributed by atoms with E-state index >= 15 is 0 Å². The van der Waals surface area contributed by atoms with Crippen molar-refractivity contribution in [3.63, 3.8) is 0 Å². The number of nitrogens with zero attached hydrogens (tertiary/aromatic N) is 4. The van der Waals surface area contributed by atoms with Gasteiger partial charge >= 0.3 is 0 Å². The third-order valence-electron chi connectivity index (χ3n) is 5.11. The fourth-order valence-corrected chi connectivity index (χ4v) is 4.56. The van der Waals surface area contributed by atoms with Crippen LogP contribution in [0.4, 0.5) is 0 Å². The van der Waals surface area contributed by atoms with Gasteiger partial charge in [0.1, 0.15) is 0 Å². The first-order valence-electron chi connectivity index (χ1n) is 8.87. The van der Waals surface area contributed by atoms with Crippen LogP contribution in [-0.4, -0.2) is 32.5 Å². The first kappa shape index (κ1) is 16.0. The third-order valence-corrected chi connectivity index (χ3v) is 6.26. The molecular weight excluding hydrogens is 320 g/mol. The van der Waals surface area contributed by atoms with Gasteiger partial charge in [0.05, 0.1) is 11.3 Å². The quantitative estimate of drug-likeness (QED) is 0.837. The Morgan fingerprint density at radius 3 is 2.75 bits per heavy atom. The molecule has 0 unspecified atom stereocenters. The van der Waals surface area contributed by atoms with Crippen molar-refractivity contribution in [3.05, 3.63) is 44.5 Å². The normalized spacial score (nSPS) is 19.7. The molecule has 4 rings (SSSR count). The highest BCUT2D eigenvalue weighted by Gasteiger charge is 2.27. The van der Waals surface area contributed by atoms with Gasteiger partial charge in [0, 0.05) is 41.8 Å². The molecule has 2 aromatic rings. The van der Waals surface area contributed by atoms with E-state index in [-0.39, 0.29) is 5.56 Å². The molecule has 0 N–H and O–H groups in total. The van der Waals surface area contributed by atoms with Gasteiger partial charge in [-0.05, 0) is 51.6 Å². The van der Waals surface area contributed by atoms with E-state index in [0.29, 0.717) is 5.92 Å². The van der Waals surface area contributed by atoms with Crippen LogP contribution < -0.4 is 5.56 Å². The Morgan fingerprint density at radius 2 is 2.00 bits per heavy atom. The molecule has 1 saturated heterocycles. The molecule has 0 atom stereocenters. The highest BCUT2D eigenvalue weighted by Crippen LogP contribution is 2.41. The van der Waals surface area contributed by atoms with Crippen LogP contribution >= 0.6 is 11.3 Å². The maximum absolute atomic E-state index is 12.1. The molecule has 24 heavy (non-hydrogen) atoms. The molecule has 5 nitrogen and oxygen atoms in total. The minimum Gasteiger partial charge on any atom is -0.299 e. The van der Waals surface area contributed by atoms with E-state index in [4.69, 9.17) is 0 Å². The molecule has 0 spiro atoms. The summed E-state index contributed by atoms with van der Waals surface area (Å²) in [6, 6.07) is 0. The predicted octanol–water partition coefficient (Wildman–Crippen LogP) is 2.80. The minimum atomic E-state index is 0.102. The Labute approximate surface area is 146 Å². The molecule has 0 radical (unpaired) electrons. The van der Waals surface area contributed by atoms with Crippen LogP contribution in [0.25, 0.3) is 0 Å². The molecule has 6 heteroatoms. The maximum atomic E-state index is 12.1. The Bertz CT molecular complexity index is 756. The topological polar surface area (TPSA) is 51.0 Å². The van der Waals surface area contributed by atoms with Crippen molar-refractivity contribution in [1.29, 1.82) is 0 Å². The third kappa shape index (κ3) is 3.59. The van der Waals surface area contributed by atoms with Crippen molar-refractivity contribution < 1.29 is 0 Å². The van der Waals surface area contributed by atoms with Crippen LogP contribution in [0.5, 0.6) is 0 Å². The van der Waals surface area contributed by atoms with Crippen LogP contribution in [0.2, 0.25) is 0 Å². The van der Waals surface area contributed by atoms with E-state index in [1.165, 1.54) is 22.7 Å². The summed E-state index contributed by atoms with van der Waals surface area (Å²) in [5.41, 5.74) is 0.830. The zero-order chi connectivity index (χ0) is 16.5. The zero-order valence-electron chi connectivity index (χ0n) is 14.1. The Hall–Kier alpha value is -1.53. The first-order chi connectivity index (χ1) is 11.7. The molecule has 0 aromatic carbocycles. The van der Waals surface area contributed by atoms with Gasteiger partial charge in [0.25, 0.3) is 5.56 Å². The number of aromatic nitrogens is 3. The standard InChI is InChI=1S/C18H24N4OS/c1-13-8-19-12-22(18(13)23)10-14-4-6-21(7-5-14)11-16-9-20-17(24-16)15-2-3-15/h8-9,12,14-15H,2-7,10-11H2,1H3. The fourth-order valence-electron chi connectivity index (χ4n) is 3.43. The van der Waals surface area contributed by atoms with Gasteiger partial charge in [-0.25, -0.2) is 9.97 Å². The fraction of sp³-hybridized carbons (Fsp3) is 0.611. The Balaban J connectivity index is 1.29. The van der Waals surface area contributed by atoms with E-state index in [9.17, 15) is 4.79 Å². The van der Waals surface area contributed by atoms with Gasteiger partial charge in [-0.1, -0.05) is 0 Å². The summed E-state index contributed by atoms with van der Waals surface area (Å²) in [5.74, 6) is 1.33. The molecular formula is C18H24N4OS. The predicted molar refractivity (Wildman–Crippen MR) is 95.3 cm³/mol. The summed E-state index contributed by atoms with van der Waals surface area (Å²) in [4.78, 5) is 24.8. The van der Waals surface area contributed by atoms with Crippen LogP contribution in [0.1, 0.15) is 47.0 Å². The molecule has 1 aliphatic carbocycles. The van der Waals surface area contributed by atoms with Crippen molar-refractivity contribution in [2.45, 2.75) is 51.6 Å². The molecule has 1 saturated carbocycles. The molecule has 0 amide bonds. The molecule has 3 heterocycles. The van der Waals surface area contributed by atoms with Crippen molar-refractivity contribution in [2.24, 2.45) is 5.92 Å². The highest BCUT2D eigenvalue weighted by molar-refractivity contribution is 7.11. The number of likely N-dealkylation sites (tertiary alicyclic amines) is 1. The summed E-state index contributed by atoms with van der Waals surface area (Å²) in [7, 11) is 0. The smallest absolute Gasteiger partial charge is 0.256 e. The van der Waals surface area contributed by atoms with Crippen LogP contribution in [0, 0.1) is 12.8 Å². The lowest BCUT2D eigenvalue weighted by molar-refractivity contribution is 0.167. The van der Waals surface area contributed by atoms with Crippen molar-refractivity contribution >= 4 is 11.3 Å². The average molecular weight is 344 g/mol. The molecule has 2 fully saturated rings. The second kappa shape index (κ2) is 6.76. The lowest BCUT2D eigenvalue weighted by Gasteiger charge is -2.31. The molecule has 0 bridgehead atoms. The maximum Gasteiger partial charge on any atom is 0.256 e. The number of hydrogen-bond acceptors (Lipinski definition) is 5. The number of rotatable bonds is 5. The average Bonchev–Trinajstić information content (AvgIpc) is 3.34. The van der Waals surface area contributed by atoms with Crippen molar-refractivity contribution in [2.75, 3.05) is 13.1 Å². The summed E-state index contributed by atoms with van der Waals surface area (Å²) >= 11 is 1.90. The van der Waals surface area contributed by atoms with Gasteiger partial charge in [0.2, 0.25) is 0 Å². The minimum absolute atomic E-state index is 0.102. The lowest BCUT2D eigenvalue weighted by Crippen LogP contribution is -2.36. The van der Waals surface area contributed by atoms with Gasteiger partial charge in [-0.15, -0.1) is 11.3 Å². The lowest BCUT2D eigenvalue weighted by atomic mass is 9.96. The molecule has 2 aromatic heterocycles.